The monoisotopic (exact) mass is 344 g/mol. The molecule has 2 rings (SSSR count). The first-order chi connectivity index (χ1) is 11.6. The molecule has 0 radical (unpaired) electrons. The topological polar surface area (TPSA) is 77.5 Å². The Kier molecular flexibility index (Phi) is 7.74. The van der Waals surface area contributed by atoms with Crippen LogP contribution in [0.3, 0.4) is 0 Å². The fourth-order valence-electron chi connectivity index (χ4n) is 2.97. The smallest absolute Gasteiger partial charge is 0.410 e. The highest BCUT2D eigenvalue weighted by Crippen LogP contribution is 2.22. The van der Waals surface area contributed by atoms with Crippen molar-refractivity contribution in [2.75, 3.05) is 59.8 Å². The van der Waals surface area contributed by atoms with Crippen LogP contribution in [0.2, 0.25) is 0 Å². The number of likely N-dealkylation sites (tertiary alicyclic amines) is 1. The van der Waals surface area contributed by atoms with Gasteiger partial charge in [0.25, 0.3) is 0 Å². The van der Waals surface area contributed by atoms with E-state index in [4.69, 9.17) is 18.9 Å². The van der Waals surface area contributed by atoms with Crippen molar-refractivity contribution in [3.05, 3.63) is 0 Å². The summed E-state index contributed by atoms with van der Waals surface area (Å²) in [6, 6.07) is 0.168. The Balaban J connectivity index is 1.58. The molecule has 138 valence electrons. The zero-order valence-electron chi connectivity index (χ0n) is 14.6. The number of carbonyl (C=O) groups excluding carboxylic acids is 2. The van der Waals surface area contributed by atoms with Crippen molar-refractivity contribution in [2.24, 2.45) is 0 Å². The number of carbonyl (C=O) groups is 2. The minimum atomic E-state index is -0.232. The predicted molar refractivity (Wildman–Crippen MR) is 85.8 cm³/mol. The number of hydrogen-bond donors (Lipinski definition) is 0. The Labute approximate surface area is 142 Å². The van der Waals surface area contributed by atoms with E-state index in [0.717, 1.165) is 12.8 Å². The molecular formula is C16H28N2O6. The van der Waals surface area contributed by atoms with Crippen LogP contribution in [-0.2, 0) is 23.7 Å². The molecule has 0 N–H and O–H groups in total. The summed E-state index contributed by atoms with van der Waals surface area (Å²) >= 11 is 0. The summed E-state index contributed by atoms with van der Waals surface area (Å²) in [6.45, 7) is 5.83. The maximum absolute atomic E-state index is 12.1. The third-order valence-electron chi connectivity index (χ3n) is 4.28. The number of nitrogens with zero attached hydrogens (tertiary/aromatic N) is 2. The van der Waals surface area contributed by atoms with Crippen LogP contribution >= 0.6 is 0 Å². The normalized spacial score (nSPS) is 22.1. The van der Waals surface area contributed by atoms with Gasteiger partial charge < -0.3 is 28.7 Å². The van der Waals surface area contributed by atoms with Gasteiger partial charge in [-0.25, -0.2) is 4.79 Å². The van der Waals surface area contributed by atoms with Crippen LogP contribution in [0.1, 0.15) is 19.8 Å². The second-order valence-corrected chi connectivity index (χ2v) is 6.12. The highest BCUT2D eigenvalue weighted by Gasteiger charge is 2.36. The number of piperidine rings is 1. The number of methoxy groups -OCH3 is 1. The number of ether oxygens (including phenoxy) is 4. The Bertz CT molecular complexity index is 411. The summed E-state index contributed by atoms with van der Waals surface area (Å²) in [6.07, 6.45) is 1.29. The van der Waals surface area contributed by atoms with Crippen LogP contribution in [0.4, 0.5) is 4.79 Å². The molecule has 2 aliphatic rings. The zero-order valence-corrected chi connectivity index (χ0v) is 14.6. The molecular weight excluding hydrogens is 316 g/mol. The fraction of sp³-hybridized carbons (Fsp3) is 0.875. The summed E-state index contributed by atoms with van der Waals surface area (Å²) < 4.78 is 20.6. The molecule has 2 amide bonds. The highest BCUT2D eigenvalue weighted by atomic mass is 16.6. The first kappa shape index (κ1) is 19.0. The van der Waals surface area contributed by atoms with Crippen LogP contribution in [0.15, 0.2) is 0 Å². The van der Waals surface area contributed by atoms with Gasteiger partial charge in [-0.15, -0.1) is 0 Å². The van der Waals surface area contributed by atoms with E-state index in [2.05, 4.69) is 0 Å². The van der Waals surface area contributed by atoms with Crippen molar-refractivity contribution in [2.45, 2.75) is 31.9 Å². The van der Waals surface area contributed by atoms with E-state index in [-0.39, 0.29) is 30.8 Å². The number of cyclic esters (lactones) is 1. The van der Waals surface area contributed by atoms with Crippen molar-refractivity contribution < 1.29 is 28.5 Å². The molecule has 2 saturated heterocycles. The van der Waals surface area contributed by atoms with Gasteiger partial charge in [0.05, 0.1) is 33.0 Å². The van der Waals surface area contributed by atoms with Gasteiger partial charge in [-0.1, -0.05) is 0 Å². The first-order valence-corrected chi connectivity index (χ1v) is 8.51. The van der Waals surface area contributed by atoms with Gasteiger partial charge in [-0.2, -0.15) is 0 Å². The molecule has 8 heteroatoms. The van der Waals surface area contributed by atoms with Crippen molar-refractivity contribution in [3.63, 3.8) is 0 Å². The Morgan fingerprint density at radius 3 is 2.46 bits per heavy atom. The predicted octanol–water partition coefficient (Wildman–Crippen LogP) is 0.498. The van der Waals surface area contributed by atoms with Gasteiger partial charge in [0.2, 0.25) is 5.91 Å². The minimum absolute atomic E-state index is 0.0114. The molecule has 1 unspecified atom stereocenters. The van der Waals surface area contributed by atoms with Gasteiger partial charge in [-0.05, 0) is 19.8 Å². The van der Waals surface area contributed by atoms with Crippen molar-refractivity contribution >= 4 is 12.0 Å². The summed E-state index contributed by atoms with van der Waals surface area (Å²) in [5.41, 5.74) is 0. The van der Waals surface area contributed by atoms with E-state index >= 15 is 0 Å². The van der Waals surface area contributed by atoms with Crippen molar-refractivity contribution in [3.8, 4) is 0 Å². The molecule has 2 heterocycles. The summed E-state index contributed by atoms with van der Waals surface area (Å²) in [7, 11) is 1.62. The standard InChI is InChI=1S/C16H28N2O6/c1-13-11-18(16(20)24-13)14-3-5-17(6-4-14)15(19)12-23-10-9-22-8-7-21-2/h13-14H,3-12H2,1-2H3. The van der Waals surface area contributed by atoms with E-state index in [0.29, 0.717) is 46.1 Å². The highest BCUT2D eigenvalue weighted by molar-refractivity contribution is 5.77. The number of hydrogen-bond acceptors (Lipinski definition) is 6. The molecule has 2 aliphatic heterocycles. The van der Waals surface area contributed by atoms with Gasteiger partial charge in [-0.3, -0.25) is 4.79 Å². The number of rotatable bonds is 9. The van der Waals surface area contributed by atoms with E-state index in [1.165, 1.54) is 0 Å². The van der Waals surface area contributed by atoms with E-state index in [9.17, 15) is 9.59 Å². The van der Waals surface area contributed by atoms with Crippen LogP contribution in [0.25, 0.3) is 0 Å². The lowest BCUT2D eigenvalue weighted by Gasteiger charge is -2.35. The maximum atomic E-state index is 12.1. The van der Waals surface area contributed by atoms with Crippen LogP contribution in [0, 0.1) is 0 Å². The van der Waals surface area contributed by atoms with Gasteiger partial charge in [0.1, 0.15) is 12.7 Å². The lowest BCUT2D eigenvalue weighted by atomic mass is 10.0. The second kappa shape index (κ2) is 9.80. The molecule has 8 nitrogen and oxygen atoms in total. The molecule has 0 aromatic carbocycles. The second-order valence-electron chi connectivity index (χ2n) is 6.12. The van der Waals surface area contributed by atoms with Gasteiger partial charge in [0, 0.05) is 26.2 Å². The third-order valence-corrected chi connectivity index (χ3v) is 4.28. The van der Waals surface area contributed by atoms with E-state index < -0.39 is 0 Å². The lowest BCUT2D eigenvalue weighted by Crippen LogP contribution is -2.48. The average Bonchev–Trinajstić information content (AvgIpc) is 2.92. The Morgan fingerprint density at radius 2 is 1.83 bits per heavy atom. The molecule has 0 aromatic rings. The molecule has 2 fully saturated rings. The fourth-order valence-corrected chi connectivity index (χ4v) is 2.97. The van der Waals surface area contributed by atoms with Gasteiger partial charge >= 0.3 is 6.09 Å². The molecule has 0 saturated carbocycles. The van der Waals surface area contributed by atoms with Crippen molar-refractivity contribution in [1.29, 1.82) is 0 Å². The van der Waals surface area contributed by atoms with Gasteiger partial charge in [0.15, 0.2) is 0 Å². The van der Waals surface area contributed by atoms with Crippen LogP contribution in [-0.4, -0.2) is 93.7 Å². The first-order valence-electron chi connectivity index (χ1n) is 8.51. The summed E-state index contributed by atoms with van der Waals surface area (Å²) in [4.78, 5) is 27.5. The molecule has 0 aromatic heterocycles. The Morgan fingerprint density at radius 1 is 1.17 bits per heavy atom. The largest absolute Gasteiger partial charge is 0.444 e. The number of amides is 2. The molecule has 24 heavy (non-hydrogen) atoms. The minimum Gasteiger partial charge on any atom is -0.444 e. The van der Waals surface area contributed by atoms with E-state index in [1.807, 2.05) is 6.92 Å². The van der Waals surface area contributed by atoms with Crippen LogP contribution in [0.5, 0.6) is 0 Å². The molecule has 1 atom stereocenters. The van der Waals surface area contributed by atoms with Crippen molar-refractivity contribution in [1.82, 2.24) is 9.80 Å². The summed E-state index contributed by atoms with van der Waals surface area (Å²) in [5, 5.41) is 0. The van der Waals surface area contributed by atoms with E-state index in [1.54, 1.807) is 16.9 Å². The average molecular weight is 344 g/mol. The zero-order chi connectivity index (χ0) is 17.4. The quantitative estimate of drug-likeness (QED) is 0.567. The Hall–Kier alpha value is -1.38. The SMILES string of the molecule is COCCOCCOCC(=O)N1CCC(N2CC(C)OC2=O)CC1. The lowest BCUT2D eigenvalue weighted by molar-refractivity contribution is -0.138. The van der Waals surface area contributed by atoms with Crippen LogP contribution < -0.4 is 0 Å². The maximum Gasteiger partial charge on any atom is 0.410 e. The third kappa shape index (κ3) is 5.61. The molecule has 0 bridgehead atoms. The summed E-state index contributed by atoms with van der Waals surface area (Å²) in [5.74, 6) is -0.0114. The molecule has 0 spiro atoms. The molecule has 0 aliphatic carbocycles.